The lowest BCUT2D eigenvalue weighted by Gasteiger charge is -2.20. The molecule has 0 radical (unpaired) electrons. The van der Waals surface area contributed by atoms with Crippen molar-refractivity contribution in [2.45, 2.75) is 37.4 Å². The molecular formula is C24H26FN3O4S. The van der Waals surface area contributed by atoms with Crippen molar-refractivity contribution in [3.05, 3.63) is 71.8 Å². The predicted molar refractivity (Wildman–Crippen MR) is 123 cm³/mol. The SMILES string of the molecule is CCc1cnc(OCc2cccc(OC3CCN(c4ccc(S(C)(=O)=O)cc4F)C3)c2)nc1. The van der Waals surface area contributed by atoms with Gasteiger partial charge in [0.15, 0.2) is 9.84 Å². The molecule has 7 nitrogen and oxygen atoms in total. The second kappa shape index (κ2) is 9.74. The molecule has 2 aromatic carbocycles. The van der Waals surface area contributed by atoms with E-state index in [2.05, 4.69) is 9.97 Å². The zero-order valence-electron chi connectivity index (χ0n) is 18.6. The Kier molecular flexibility index (Phi) is 6.78. The molecule has 1 fully saturated rings. The molecule has 0 saturated carbocycles. The van der Waals surface area contributed by atoms with Gasteiger partial charge in [0.25, 0.3) is 0 Å². The number of halogens is 1. The zero-order chi connectivity index (χ0) is 23.4. The van der Waals surface area contributed by atoms with Crippen molar-refractivity contribution in [2.24, 2.45) is 0 Å². The van der Waals surface area contributed by atoms with Crippen LogP contribution in [0.2, 0.25) is 0 Å². The molecule has 1 atom stereocenters. The Labute approximate surface area is 193 Å². The highest BCUT2D eigenvalue weighted by atomic mass is 32.2. The fourth-order valence-corrected chi connectivity index (χ4v) is 4.30. The van der Waals surface area contributed by atoms with Crippen molar-refractivity contribution >= 4 is 15.5 Å². The molecule has 1 aliphatic heterocycles. The number of anilines is 1. The van der Waals surface area contributed by atoms with Gasteiger partial charge in [0, 0.05) is 31.6 Å². The number of sulfone groups is 1. The van der Waals surface area contributed by atoms with Crippen LogP contribution in [0.1, 0.15) is 24.5 Å². The Balaban J connectivity index is 1.35. The minimum atomic E-state index is -3.45. The third-order valence-electron chi connectivity index (χ3n) is 5.49. The highest BCUT2D eigenvalue weighted by Gasteiger charge is 2.26. The molecule has 0 amide bonds. The lowest BCUT2D eigenvalue weighted by atomic mass is 10.2. The van der Waals surface area contributed by atoms with Gasteiger partial charge in [-0.25, -0.2) is 22.8 Å². The summed E-state index contributed by atoms with van der Waals surface area (Å²) in [5.41, 5.74) is 2.35. The normalized spacial score (nSPS) is 16.1. The van der Waals surface area contributed by atoms with Gasteiger partial charge in [0.1, 0.15) is 24.3 Å². The van der Waals surface area contributed by atoms with E-state index in [1.807, 2.05) is 36.1 Å². The molecule has 0 aliphatic carbocycles. The van der Waals surface area contributed by atoms with Crippen LogP contribution in [-0.4, -0.2) is 43.8 Å². The van der Waals surface area contributed by atoms with Crippen LogP contribution in [0.4, 0.5) is 10.1 Å². The third kappa shape index (κ3) is 5.78. The Bertz CT molecular complexity index is 1220. The summed E-state index contributed by atoms with van der Waals surface area (Å²) in [6, 6.07) is 12.0. The number of aryl methyl sites for hydroxylation is 1. The molecule has 4 rings (SSSR count). The summed E-state index contributed by atoms with van der Waals surface area (Å²) in [5.74, 6) is 0.157. The van der Waals surface area contributed by atoms with Gasteiger partial charge in [0.05, 0.1) is 17.1 Å². The highest BCUT2D eigenvalue weighted by molar-refractivity contribution is 7.90. The maximum Gasteiger partial charge on any atom is 0.316 e. The van der Waals surface area contributed by atoms with Crippen LogP contribution in [0, 0.1) is 5.82 Å². The molecule has 1 aromatic heterocycles. The average Bonchev–Trinajstić information content (AvgIpc) is 3.25. The summed E-state index contributed by atoms with van der Waals surface area (Å²) in [4.78, 5) is 10.2. The van der Waals surface area contributed by atoms with Gasteiger partial charge in [-0.2, -0.15) is 0 Å². The maximum absolute atomic E-state index is 14.5. The third-order valence-corrected chi connectivity index (χ3v) is 6.60. The van der Waals surface area contributed by atoms with E-state index in [-0.39, 0.29) is 11.0 Å². The van der Waals surface area contributed by atoms with Crippen molar-refractivity contribution in [3.8, 4) is 11.8 Å². The number of ether oxygens (including phenoxy) is 2. The zero-order valence-corrected chi connectivity index (χ0v) is 19.4. The number of nitrogens with zero attached hydrogens (tertiary/aromatic N) is 3. The molecular weight excluding hydrogens is 445 g/mol. The van der Waals surface area contributed by atoms with Crippen LogP contribution in [0.25, 0.3) is 0 Å². The maximum atomic E-state index is 14.5. The second-order valence-corrected chi connectivity index (χ2v) is 10.0. The molecule has 33 heavy (non-hydrogen) atoms. The number of aromatic nitrogens is 2. The van der Waals surface area contributed by atoms with Crippen molar-refractivity contribution in [2.75, 3.05) is 24.2 Å². The first-order chi connectivity index (χ1) is 15.8. The van der Waals surface area contributed by atoms with E-state index >= 15 is 0 Å². The fourth-order valence-electron chi connectivity index (χ4n) is 3.67. The van der Waals surface area contributed by atoms with Crippen LogP contribution >= 0.6 is 0 Å². The fraction of sp³-hybridized carbons (Fsp3) is 0.333. The molecule has 0 spiro atoms. The van der Waals surface area contributed by atoms with Gasteiger partial charge < -0.3 is 14.4 Å². The standard InChI is InChI=1S/C24H26FN3O4S/c1-3-17-13-26-24(27-14-17)31-16-18-5-4-6-19(11-18)32-20-9-10-28(15-20)23-8-7-21(12-22(23)25)33(2,29)30/h4-8,11-14,20H,3,9-10,15-16H2,1-2H3. The number of benzene rings is 2. The first-order valence-corrected chi connectivity index (χ1v) is 12.6. The summed E-state index contributed by atoms with van der Waals surface area (Å²) in [6.07, 6.45) is 6.06. The monoisotopic (exact) mass is 471 g/mol. The van der Waals surface area contributed by atoms with Crippen LogP contribution < -0.4 is 14.4 Å². The van der Waals surface area contributed by atoms with E-state index in [1.54, 1.807) is 12.4 Å². The molecule has 1 unspecified atom stereocenters. The van der Waals surface area contributed by atoms with E-state index in [9.17, 15) is 12.8 Å². The summed E-state index contributed by atoms with van der Waals surface area (Å²) >= 11 is 0. The lowest BCUT2D eigenvalue weighted by molar-refractivity contribution is 0.223. The predicted octanol–water partition coefficient (Wildman–Crippen LogP) is 3.82. The molecule has 9 heteroatoms. The number of hydrogen-bond acceptors (Lipinski definition) is 7. The Hall–Kier alpha value is -3.20. The van der Waals surface area contributed by atoms with Crippen LogP contribution in [-0.2, 0) is 22.9 Å². The molecule has 2 heterocycles. The molecule has 3 aromatic rings. The Morgan fingerprint density at radius 1 is 1.12 bits per heavy atom. The summed E-state index contributed by atoms with van der Waals surface area (Å²) in [7, 11) is -3.45. The van der Waals surface area contributed by atoms with Gasteiger partial charge in [-0.15, -0.1) is 0 Å². The average molecular weight is 472 g/mol. The quantitative estimate of drug-likeness (QED) is 0.494. The second-order valence-electron chi connectivity index (χ2n) is 8.02. The summed E-state index contributed by atoms with van der Waals surface area (Å²) in [5, 5.41) is 0. The van der Waals surface area contributed by atoms with E-state index < -0.39 is 15.7 Å². The molecule has 1 aliphatic rings. The van der Waals surface area contributed by atoms with Crippen LogP contribution in [0.3, 0.4) is 0 Å². The van der Waals surface area contributed by atoms with Gasteiger partial charge in [-0.3, -0.25) is 0 Å². The van der Waals surface area contributed by atoms with Crippen molar-refractivity contribution in [1.29, 1.82) is 0 Å². The largest absolute Gasteiger partial charge is 0.489 e. The number of hydrogen-bond donors (Lipinski definition) is 0. The van der Waals surface area contributed by atoms with E-state index in [1.165, 1.54) is 12.1 Å². The minimum absolute atomic E-state index is 0.0264. The Morgan fingerprint density at radius 2 is 1.91 bits per heavy atom. The lowest BCUT2D eigenvalue weighted by Crippen LogP contribution is -2.25. The van der Waals surface area contributed by atoms with Crippen molar-refractivity contribution < 1.29 is 22.3 Å². The molecule has 174 valence electrons. The van der Waals surface area contributed by atoms with Crippen molar-refractivity contribution in [1.82, 2.24) is 9.97 Å². The van der Waals surface area contributed by atoms with E-state index in [0.717, 1.165) is 36.3 Å². The minimum Gasteiger partial charge on any atom is -0.489 e. The molecule has 0 N–H and O–H groups in total. The van der Waals surface area contributed by atoms with E-state index in [4.69, 9.17) is 9.47 Å². The Morgan fingerprint density at radius 3 is 2.61 bits per heavy atom. The summed E-state index contributed by atoms with van der Waals surface area (Å²) < 4.78 is 49.6. The smallest absolute Gasteiger partial charge is 0.316 e. The van der Waals surface area contributed by atoms with Crippen molar-refractivity contribution in [3.63, 3.8) is 0 Å². The van der Waals surface area contributed by atoms with Gasteiger partial charge in [-0.1, -0.05) is 19.1 Å². The van der Waals surface area contributed by atoms with Gasteiger partial charge in [-0.05, 0) is 47.9 Å². The number of rotatable bonds is 8. The van der Waals surface area contributed by atoms with Crippen LogP contribution in [0.5, 0.6) is 11.8 Å². The topological polar surface area (TPSA) is 81.6 Å². The molecule has 0 bridgehead atoms. The first kappa shape index (κ1) is 23.0. The van der Waals surface area contributed by atoms with Gasteiger partial charge >= 0.3 is 6.01 Å². The highest BCUT2D eigenvalue weighted by Crippen LogP contribution is 2.28. The summed E-state index contributed by atoms with van der Waals surface area (Å²) in [6.45, 7) is 3.48. The van der Waals surface area contributed by atoms with Crippen LogP contribution in [0.15, 0.2) is 59.8 Å². The van der Waals surface area contributed by atoms with Gasteiger partial charge in [0.2, 0.25) is 0 Å². The van der Waals surface area contributed by atoms with E-state index in [0.29, 0.717) is 37.1 Å². The first-order valence-electron chi connectivity index (χ1n) is 10.8. The molecule has 1 saturated heterocycles.